The van der Waals surface area contributed by atoms with Gasteiger partial charge in [-0.05, 0) is 26.7 Å². The van der Waals surface area contributed by atoms with Crippen LogP contribution in [-0.4, -0.2) is 38.2 Å². The number of hydrogen-bond acceptors (Lipinski definition) is 4. The Labute approximate surface area is 85.7 Å². The average Bonchev–Trinajstić information content (AvgIpc) is 2.48. The number of hydrogen-bond donors (Lipinski definition) is 1. The van der Waals surface area contributed by atoms with Gasteiger partial charge in [0, 0.05) is 6.54 Å². The van der Waals surface area contributed by atoms with Crippen molar-refractivity contribution in [2.24, 2.45) is 5.73 Å². The van der Waals surface area contributed by atoms with Gasteiger partial charge in [0.15, 0.2) is 9.84 Å². The molecule has 84 valence electrons. The van der Waals surface area contributed by atoms with Gasteiger partial charge in [0.2, 0.25) is 0 Å². The Hall–Kier alpha value is -0.130. The molecule has 0 saturated carbocycles. The molecule has 0 radical (unpaired) electrons. The van der Waals surface area contributed by atoms with Crippen molar-refractivity contribution in [2.75, 3.05) is 12.3 Å². The molecule has 0 aromatic rings. The molecule has 2 N–H and O–H groups in total. The van der Waals surface area contributed by atoms with Crippen LogP contribution in [0.15, 0.2) is 0 Å². The molecular weight excluding hydrogens is 202 g/mol. The summed E-state index contributed by atoms with van der Waals surface area (Å²) in [5.41, 5.74) is 5.34. The third-order valence-corrected chi connectivity index (χ3v) is 4.94. The summed E-state index contributed by atoms with van der Waals surface area (Å²) in [6.07, 6.45) is 1.88. The summed E-state index contributed by atoms with van der Waals surface area (Å²) in [7, 11) is -3.07. The van der Waals surface area contributed by atoms with Crippen LogP contribution in [0.25, 0.3) is 0 Å². The standard InChI is InChI=1S/C9H19NO3S/c1-7-3-4-9(13-7)6-14(11,12)8(2)5-10/h7-9H,3-6,10H2,1-2H3. The Morgan fingerprint density at radius 1 is 1.50 bits per heavy atom. The van der Waals surface area contributed by atoms with E-state index in [1.54, 1.807) is 6.92 Å². The number of ether oxygens (including phenoxy) is 1. The predicted octanol–water partition coefficient (Wildman–Crippen LogP) is 0.316. The highest BCUT2D eigenvalue weighted by molar-refractivity contribution is 7.92. The molecule has 0 aromatic carbocycles. The second-order valence-corrected chi connectivity index (χ2v) is 6.49. The van der Waals surface area contributed by atoms with E-state index in [4.69, 9.17) is 10.5 Å². The second kappa shape index (κ2) is 4.59. The number of sulfone groups is 1. The molecule has 1 rings (SSSR count). The van der Waals surface area contributed by atoms with Crippen LogP contribution in [0.3, 0.4) is 0 Å². The summed E-state index contributed by atoms with van der Waals surface area (Å²) in [4.78, 5) is 0. The van der Waals surface area contributed by atoms with E-state index in [2.05, 4.69) is 0 Å². The lowest BCUT2D eigenvalue weighted by atomic mass is 10.2. The van der Waals surface area contributed by atoms with Crippen LogP contribution in [0.2, 0.25) is 0 Å². The minimum Gasteiger partial charge on any atom is -0.374 e. The van der Waals surface area contributed by atoms with Crippen LogP contribution in [-0.2, 0) is 14.6 Å². The van der Waals surface area contributed by atoms with Crippen molar-refractivity contribution in [1.82, 2.24) is 0 Å². The minimum absolute atomic E-state index is 0.121. The summed E-state index contributed by atoms with van der Waals surface area (Å²) >= 11 is 0. The zero-order valence-electron chi connectivity index (χ0n) is 8.77. The molecule has 5 heteroatoms. The predicted molar refractivity (Wildman–Crippen MR) is 55.9 cm³/mol. The fourth-order valence-corrected chi connectivity index (χ4v) is 2.96. The fraction of sp³-hybridized carbons (Fsp3) is 1.00. The maximum Gasteiger partial charge on any atom is 0.156 e. The maximum atomic E-state index is 11.7. The first kappa shape index (κ1) is 11.9. The van der Waals surface area contributed by atoms with Gasteiger partial charge in [-0.1, -0.05) is 0 Å². The molecule has 3 atom stereocenters. The summed E-state index contributed by atoms with van der Waals surface area (Å²) in [5.74, 6) is 0.121. The molecule has 1 aliphatic heterocycles. The van der Waals surface area contributed by atoms with Crippen molar-refractivity contribution in [3.05, 3.63) is 0 Å². The van der Waals surface area contributed by atoms with Crippen molar-refractivity contribution in [1.29, 1.82) is 0 Å². The summed E-state index contributed by atoms with van der Waals surface area (Å²) in [6, 6.07) is 0. The van der Waals surface area contributed by atoms with Gasteiger partial charge < -0.3 is 10.5 Å². The Morgan fingerprint density at radius 2 is 2.14 bits per heavy atom. The maximum absolute atomic E-state index is 11.7. The molecule has 1 aliphatic rings. The van der Waals surface area contributed by atoms with Gasteiger partial charge >= 0.3 is 0 Å². The molecule has 4 nitrogen and oxygen atoms in total. The summed E-state index contributed by atoms with van der Waals surface area (Å²) in [6.45, 7) is 3.80. The van der Waals surface area contributed by atoms with E-state index in [9.17, 15) is 8.42 Å². The lowest BCUT2D eigenvalue weighted by molar-refractivity contribution is 0.0689. The third-order valence-electron chi connectivity index (χ3n) is 2.68. The van der Waals surface area contributed by atoms with Crippen LogP contribution in [0.4, 0.5) is 0 Å². The van der Waals surface area contributed by atoms with Crippen LogP contribution < -0.4 is 5.73 Å². The fourth-order valence-electron chi connectivity index (χ4n) is 1.58. The third kappa shape index (κ3) is 2.93. The quantitative estimate of drug-likeness (QED) is 0.742. The highest BCUT2D eigenvalue weighted by Crippen LogP contribution is 2.21. The Balaban J connectivity index is 2.51. The van der Waals surface area contributed by atoms with Gasteiger partial charge in [0.05, 0.1) is 23.2 Å². The van der Waals surface area contributed by atoms with E-state index in [-0.39, 0.29) is 24.5 Å². The lowest BCUT2D eigenvalue weighted by Gasteiger charge is -2.15. The van der Waals surface area contributed by atoms with Crippen molar-refractivity contribution in [2.45, 2.75) is 44.1 Å². The van der Waals surface area contributed by atoms with E-state index < -0.39 is 15.1 Å². The van der Waals surface area contributed by atoms with E-state index >= 15 is 0 Å². The largest absolute Gasteiger partial charge is 0.374 e. The first-order chi connectivity index (χ1) is 6.45. The molecular formula is C9H19NO3S. The molecule has 0 bridgehead atoms. The van der Waals surface area contributed by atoms with Crippen LogP contribution in [0, 0.1) is 0 Å². The first-order valence-electron chi connectivity index (χ1n) is 5.03. The first-order valence-corrected chi connectivity index (χ1v) is 6.74. The van der Waals surface area contributed by atoms with Gasteiger partial charge in [0.25, 0.3) is 0 Å². The minimum atomic E-state index is -3.07. The van der Waals surface area contributed by atoms with Gasteiger partial charge in [-0.15, -0.1) is 0 Å². The molecule has 14 heavy (non-hydrogen) atoms. The van der Waals surface area contributed by atoms with Crippen molar-refractivity contribution >= 4 is 9.84 Å². The molecule has 1 heterocycles. The Kier molecular flexibility index (Phi) is 3.92. The highest BCUT2D eigenvalue weighted by Gasteiger charge is 2.29. The highest BCUT2D eigenvalue weighted by atomic mass is 32.2. The van der Waals surface area contributed by atoms with Crippen LogP contribution >= 0.6 is 0 Å². The molecule has 0 amide bonds. The van der Waals surface area contributed by atoms with E-state index in [1.807, 2.05) is 6.92 Å². The average molecular weight is 221 g/mol. The zero-order valence-corrected chi connectivity index (χ0v) is 9.59. The molecule has 1 saturated heterocycles. The van der Waals surface area contributed by atoms with Crippen LogP contribution in [0.5, 0.6) is 0 Å². The molecule has 0 spiro atoms. The lowest BCUT2D eigenvalue weighted by Crippen LogP contribution is -2.33. The van der Waals surface area contributed by atoms with Gasteiger partial charge in [-0.3, -0.25) is 0 Å². The molecule has 1 fully saturated rings. The van der Waals surface area contributed by atoms with Gasteiger partial charge in [0.1, 0.15) is 0 Å². The van der Waals surface area contributed by atoms with Gasteiger partial charge in [-0.2, -0.15) is 0 Å². The molecule has 3 unspecified atom stereocenters. The SMILES string of the molecule is CC1CCC(CS(=O)(=O)C(C)CN)O1. The number of nitrogens with two attached hydrogens (primary N) is 1. The van der Waals surface area contributed by atoms with E-state index in [0.29, 0.717) is 0 Å². The summed E-state index contributed by atoms with van der Waals surface area (Å²) in [5, 5.41) is -0.456. The van der Waals surface area contributed by atoms with Crippen molar-refractivity contribution in [3.8, 4) is 0 Å². The van der Waals surface area contributed by atoms with E-state index in [1.165, 1.54) is 0 Å². The monoisotopic (exact) mass is 221 g/mol. The second-order valence-electron chi connectivity index (χ2n) is 4.02. The van der Waals surface area contributed by atoms with E-state index in [0.717, 1.165) is 12.8 Å². The topological polar surface area (TPSA) is 69.4 Å². The zero-order chi connectivity index (χ0) is 10.8. The Bertz CT molecular complexity index is 276. The molecule has 0 aliphatic carbocycles. The van der Waals surface area contributed by atoms with Crippen molar-refractivity contribution < 1.29 is 13.2 Å². The normalized spacial score (nSPS) is 30.5. The summed E-state index contributed by atoms with van der Waals surface area (Å²) < 4.78 is 28.8. The molecule has 0 aromatic heterocycles. The van der Waals surface area contributed by atoms with Crippen LogP contribution in [0.1, 0.15) is 26.7 Å². The number of rotatable bonds is 4. The van der Waals surface area contributed by atoms with Gasteiger partial charge in [-0.25, -0.2) is 8.42 Å². The smallest absolute Gasteiger partial charge is 0.156 e. The van der Waals surface area contributed by atoms with Crippen molar-refractivity contribution in [3.63, 3.8) is 0 Å². The Morgan fingerprint density at radius 3 is 2.57 bits per heavy atom.